The number of amides is 1. The van der Waals surface area contributed by atoms with Gasteiger partial charge in [-0.25, -0.2) is 13.9 Å². The fourth-order valence-electron chi connectivity index (χ4n) is 4.04. The Morgan fingerprint density at radius 1 is 1.18 bits per heavy atom. The molecule has 4 rings (SSSR count). The van der Waals surface area contributed by atoms with Crippen molar-refractivity contribution in [1.29, 1.82) is 0 Å². The van der Waals surface area contributed by atoms with Crippen molar-refractivity contribution in [3.05, 3.63) is 64.4 Å². The number of rotatable bonds is 4. The van der Waals surface area contributed by atoms with Crippen LogP contribution in [0.25, 0.3) is 5.65 Å². The van der Waals surface area contributed by atoms with Gasteiger partial charge in [-0.2, -0.15) is 5.10 Å². The first kappa shape index (κ1) is 18.6. The summed E-state index contributed by atoms with van der Waals surface area (Å²) in [5.74, 6) is -0.342. The van der Waals surface area contributed by atoms with Crippen LogP contribution in [0.5, 0.6) is 0 Å². The lowest BCUT2D eigenvalue weighted by Gasteiger charge is -2.22. The van der Waals surface area contributed by atoms with E-state index in [1.807, 2.05) is 13.8 Å². The van der Waals surface area contributed by atoms with Crippen molar-refractivity contribution in [2.24, 2.45) is 0 Å². The minimum Gasteiger partial charge on any atom is -0.349 e. The molecule has 5 nitrogen and oxygen atoms in total. The third-order valence-electron chi connectivity index (χ3n) is 5.69. The maximum atomic E-state index is 13.2. The fraction of sp³-hybridized carbons (Fsp3) is 0.409. The van der Waals surface area contributed by atoms with Crippen LogP contribution in [0.2, 0.25) is 0 Å². The summed E-state index contributed by atoms with van der Waals surface area (Å²) in [7, 11) is 0. The average Bonchev–Trinajstić information content (AvgIpc) is 3.11. The molecule has 1 aliphatic rings. The van der Waals surface area contributed by atoms with E-state index in [9.17, 15) is 9.18 Å². The monoisotopic (exact) mass is 380 g/mol. The van der Waals surface area contributed by atoms with Crippen molar-refractivity contribution >= 4 is 11.6 Å². The predicted molar refractivity (Wildman–Crippen MR) is 106 cm³/mol. The zero-order chi connectivity index (χ0) is 19.7. The zero-order valence-electron chi connectivity index (χ0n) is 16.3. The summed E-state index contributed by atoms with van der Waals surface area (Å²) in [5.41, 5.74) is 4.97. The van der Waals surface area contributed by atoms with E-state index in [1.165, 1.54) is 31.4 Å². The first-order valence-corrected chi connectivity index (χ1v) is 9.92. The van der Waals surface area contributed by atoms with Gasteiger partial charge >= 0.3 is 0 Å². The summed E-state index contributed by atoms with van der Waals surface area (Å²) in [4.78, 5) is 17.5. The van der Waals surface area contributed by atoms with Crippen LogP contribution in [0.4, 0.5) is 4.39 Å². The lowest BCUT2D eigenvalue weighted by Crippen LogP contribution is -2.36. The highest BCUT2D eigenvalue weighted by Gasteiger charge is 2.21. The molecule has 1 amide bonds. The van der Waals surface area contributed by atoms with Crippen molar-refractivity contribution in [2.45, 2.75) is 58.4 Å². The van der Waals surface area contributed by atoms with Gasteiger partial charge in [-0.15, -0.1) is 0 Å². The van der Waals surface area contributed by atoms with Crippen molar-refractivity contribution in [2.75, 3.05) is 0 Å². The van der Waals surface area contributed by atoms with Crippen LogP contribution >= 0.6 is 0 Å². The van der Waals surface area contributed by atoms with E-state index < -0.39 is 0 Å². The summed E-state index contributed by atoms with van der Waals surface area (Å²) in [6.07, 6.45) is 7.92. The molecule has 6 heteroatoms. The second-order valence-corrected chi connectivity index (χ2v) is 7.67. The largest absolute Gasteiger partial charge is 0.349 e. The van der Waals surface area contributed by atoms with Crippen molar-refractivity contribution in [3.8, 4) is 0 Å². The number of fused-ring (bicyclic) bond motifs is 1. The normalized spacial score (nSPS) is 15.1. The Morgan fingerprint density at radius 3 is 2.61 bits per heavy atom. The van der Waals surface area contributed by atoms with E-state index in [0.29, 0.717) is 17.6 Å². The maximum absolute atomic E-state index is 13.2. The van der Waals surface area contributed by atoms with Gasteiger partial charge in [-0.1, -0.05) is 31.4 Å². The van der Waals surface area contributed by atoms with E-state index in [0.717, 1.165) is 35.4 Å². The van der Waals surface area contributed by atoms with Gasteiger partial charge in [0, 0.05) is 23.9 Å². The van der Waals surface area contributed by atoms with Gasteiger partial charge in [-0.3, -0.25) is 4.79 Å². The average molecular weight is 380 g/mol. The van der Waals surface area contributed by atoms with Crippen molar-refractivity contribution in [1.82, 2.24) is 19.9 Å². The Morgan fingerprint density at radius 2 is 1.89 bits per heavy atom. The number of aryl methyl sites for hydroxylation is 2. The third-order valence-corrected chi connectivity index (χ3v) is 5.69. The van der Waals surface area contributed by atoms with Gasteiger partial charge in [0.25, 0.3) is 5.91 Å². The van der Waals surface area contributed by atoms with Gasteiger partial charge in [-0.05, 0) is 49.9 Å². The molecule has 146 valence electrons. The number of hydrogen-bond acceptors (Lipinski definition) is 3. The second-order valence-electron chi connectivity index (χ2n) is 7.67. The van der Waals surface area contributed by atoms with E-state index >= 15 is 0 Å². The number of nitrogens with one attached hydrogen (secondary N) is 1. The first-order valence-electron chi connectivity index (χ1n) is 9.92. The zero-order valence-corrected chi connectivity index (χ0v) is 16.3. The first-order chi connectivity index (χ1) is 13.5. The number of carbonyl (C=O) groups excluding carboxylic acids is 1. The number of nitrogens with zero attached hydrogens (tertiary/aromatic N) is 3. The molecule has 0 atom stereocenters. The molecule has 1 saturated carbocycles. The van der Waals surface area contributed by atoms with E-state index in [4.69, 9.17) is 0 Å². The lowest BCUT2D eigenvalue weighted by molar-refractivity contribution is 0.0929. The summed E-state index contributed by atoms with van der Waals surface area (Å²) in [6, 6.07) is 6.74. The molecular formula is C22H25FN4O. The van der Waals surface area contributed by atoms with E-state index in [-0.39, 0.29) is 17.8 Å². The molecule has 0 radical (unpaired) electrons. The van der Waals surface area contributed by atoms with E-state index in [1.54, 1.807) is 22.8 Å². The number of halogens is 1. The van der Waals surface area contributed by atoms with Gasteiger partial charge in [0.1, 0.15) is 11.4 Å². The number of carbonyl (C=O) groups is 1. The van der Waals surface area contributed by atoms with Crippen LogP contribution in [-0.4, -0.2) is 26.5 Å². The van der Waals surface area contributed by atoms with Crippen LogP contribution in [0, 0.1) is 19.7 Å². The second kappa shape index (κ2) is 7.70. The Bertz CT molecular complexity index is 1000. The molecule has 0 aliphatic heterocycles. The molecule has 2 aromatic heterocycles. The molecule has 0 bridgehead atoms. The standard InChI is InChI=1S/C22H25FN4O/c1-14-19(12-16-8-10-17(23)11-9-16)15(2)27-21(25-14)20(13-24-27)22(28)26-18-6-4-3-5-7-18/h8-11,13,18H,3-7,12H2,1-2H3,(H,26,28). The number of benzene rings is 1. The quantitative estimate of drug-likeness (QED) is 0.740. The lowest BCUT2D eigenvalue weighted by atomic mass is 9.95. The maximum Gasteiger partial charge on any atom is 0.256 e. The predicted octanol–water partition coefficient (Wildman–Crippen LogP) is 4.14. The summed E-state index contributed by atoms with van der Waals surface area (Å²) < 4.78 is 14.9. The highest BCUT2D eigenvalue weighted by Crippen LogP contribution is 2.22. The summed E-state index contributed by atoms with van der Waals surface area (Å²) in [5, 5.41) is 7.57. The molecule has 28 heavy (non-hydrogen) atoms. The number of aromatic nitrogens is 3. The molecule has 0 spiro atoms. The SMILES string of the molecule is Cc1nc2c(C(=O)NC3CCCCC3)cnn2c(C)c1Cc1ccc(F)cc1. The topological polar surface area (TPSA) is 59.3 Å². The smallest absolute Gasteiger partial charge is 0.256 e. The van der Waals surface area contributed by atoms with Gasteiger partial charge in [0.2, 0.25) is 0 Å². The van der Waals surface area contributed by atoms with Crippen LogP contribution in [0.3, 0.4) is 0 Å². The summed E-state index contributed by atoms with van der Waals surface area (Å²) >= 11 is 0. The fourth-order valence-corrected chi connectivity index (χ4v) is 4.04. The Kier molecular flexibility index (Phi) is 5.11. The van der Waals surface area contributed by atoms with Crippen LogP contribution < -0.4 is 5.32 Å². The number of hydrogen-bond donors (Lipinski definition) is 1. The van der Waals surface area contributed by atoms with Crippen LogP contribution in [-0.2, 0) is 6.42 Å². The molecule has 3 aromatic rings. The molecule has 1 fully saturated rings. The molecule has 0 unspecified atom stereocenters. The van der Waals surface area contributed by atoms with Crippen LogP contribution in [0.15, 0.2) is 30.5 Å². The van der Waals surface area contributed by atoms with Crippen LogP contribution in [0.1, 0.15) is 65.0 Å². The Hall–Kier alpha value is -2.76. The highest BCUT2D eigenvalue weighted by atomic mass is 19.1. The van der Waals surface area contributed by atoms with E-state index in [2.05, 4.69) is 15.4 Å². The molecule has 1 aromatic carbocycles. The minimum atomic E-state index is -0.244. The molecule has 1 aliphatic carbocycles. The molecule has 0 saturated heterocycles. The Labute approximate surface area is 164 Å². The van der Waals surface area contributed by atoms with Gasteiger partial charge in [0.15, 0.2) is 5.65 Å². The highest BCUT2D eigenvalue weighted by molar-refractivity contribution is 5.99. The Balaban J connectivity index is 1.63. The molecule has 1 N–H and O–H groups in total. The van der Waals surface area contributed by atoms with Crippen molar-refractivity contribution in [3.63, 3.8) is 0 Å². The van der Waals surface area contributed by atoms with Gasteiger partial charge in [0.05, 0.1) is 6.20 Å². The molecule has 2 heterocycles. The minimum absolute atomic E-state index is 0.0977. The van der Waals surface area contributed by atoms with Crippen molar-refractivity contribution < 1.29 is 9.18 Å². The molecular weight excluding hydrogens is 355 g/mol. The van der Waals surface area contributed by atoms with Gasteiger partial charge < -0.3 is 5.32 Å². The summed E-state index contributed by atoms with van der Waals surface area (Å²) in [6.45, 7) is 3.93. The third kappa shape index (κ3) is 3.63.